The van der Waals surface area contributed by atoms with Crippen LogP contribution in [0.4, 0.5) is 0 Å². The maximum atomic E-state index is 12.3. The number of rotatable bonds is 4. The van der Waals surface area contributed by atoms with E-state index in [1.165, 1.54) is 16.4 Å². The van der Waals surface area contributed by atoms with Crippen LogP contribution < -0.4 is 11.1 Å². The number of nitrogens with two attached hydrogens (primary N) is 1. The molecule has 1 aromatic carbocycles. The van der Waals surface area contributed by atoms with Crippen molar-refractivity contribution in [1.29, 1.82) is 0 Å². The quantitative estimate of drug-likeness (QED) is 0.735. The summed E-state index contributed by atoms with van der Waals surface area (Å²) in [6.45, 7) is 1.23. The SMILES string of the molecule is NC(=O)C(=O)NCc1ccc(S(=O)(=O)N2CCCC2)cc1. The van der Waals surface area contributed by atoms with Crippen LogP contribution in [0.15, 0.2) is 29.2 Å². The molecule has 1 aromatic rings. The molecule has 0 spiro atoms. The Labute approximate surface area is 123 Å². The number of nitrogens with zero attached hydrogens (tertiary/aromatic N) is 1. The normalized spacial score (nSPS) is 15.8. The zero-order valence-electron chi connectivity index (χ0n) is 11.4. The van der Waals surface area contributed by atoms with Gasteiger partial charge >= 0.3 is 11.8 Å². The molecule has 0 aromatic heterocycles. The fourth-order valence-corrected chi connectivity index (χ4v) is 3.64. The molecule has 2 amide bonds. The number of carbonyl (C=O) groups excluding carboxylic acids is 2. The Morgan fingerprint density at radius 1 is 1.14 bits per heavy atom. The maximum absolute atomic E-state index is 12.3. The summed E-state index contributed by atoms with van der Waals surface area (Å²) >= 11 is 0. The number of primary amides is 1. The van der Waals surface area contributed by atoms with E-state index < -0.39 is 21.8 Å². The molecule has 0 radical (unpaired) electrons. The largest absolute Gasteiger partial charge is 0.361 e. The standard InChI is InChI=1S/C13H17N3O4S/c14-12(17)13(18)15-9-10-3-5-11(6-4-10)21(19,20)16-7-1-2-8-16/h3-6H,1-2,7-9H2,(H2,14,17)(H,15,18). The summed E-state index contributed by atoms with van der Waals surface area (Å²) < 4.78 is 26.1. The molecule has 3 N–H and O–H groups in total. The summed E-state index contributed by atoms with van der Waals surface area (Å²) in [7, 11) is -3.43. The minimum absolute atomic E-state index is 0.117. The van der Waals surface area contributed by atoms with Gasteiger partial charge in [-0.1, -0.05) is 12.1 Å². The van der Waals surface area contributed by atoms with Gasteiger partial charge in [0.15, 0.2) is 0 Å². The lowest BCUT2D eigenvalue weighted by Gasteiger charge is -2.15. The number of sulfonamides is 1. The van der Waals surface area contributed by atoms with Gasteiger partial charge in [-0.25, -0.2) is 8.42 Å². The molecule has 1 aliphatic heterocycles. The summed E-state index contributed by atoms with van der Waals surface area (Å²) in [5, 5.41) is 2.34. The zero-order chi connectivity index (χ0) is 15.5. The predicted molar refractivity (Wildman–Crippen MR) is 75.5 cm³/mol. The van der Waals surface area contributed by atoms with Gasteiger partial charge in [-0.3, -0.25) is 9.59 Å². The minimum atomic E-state index is -3.43. The van der Waals surface area contributed by atoms with Crippen LogP contribution in [0, 0.1) is 0 Å². The van der Waals surface area contributed by atoms with E-state index in [-0.39, 0.29) is 11.4 Å². The van der Waals surface area contributed by atoms with Crippen LogP contribution in [0.3, 0.4) is 0 Å². The van der Waals surface area contributed by atoms with Gasteiger partial charge in [0.2, 0.25) is 10.0 Å². The first-order valence-corrected chi connectivity index (χ1v) is 8.02. The third-order valence-corrected chi connectivity index (χ3v) is 5.22. The van der Waals surface area contributed by atoms with Crippen LogP contribution in [0.5, 0.6) is 0 Å². The second-order valence-electron chi connectivity index (χ2n) is 4.80. The Hall–Kier alpha value is -1.93. The number of carbonyl (C=O) groups is 2. The second kappa shape index (κ2) is 6.23. The van der Waals surface area contributed by atoms with E-state index in [2.05, 4.69) is 5.32 Å². The number of hydrogen-bond donors (Lipinski definition) is 2. The number of amides is 2. The van der Waals surface area contributed by atoms with E-state index in [1.54, 1.807) is 12.1 Å². The average molecular weight is 311 g/mol. The van der Waals surface area contributed by atoms with Crippen molar-refractivity contribution >= 4 is 21.8 Å². The van der Waals surface area contributed by atoms with Crippen LogP contribution in [0.1, 0.15) is 18.4 Å². The molecule has 0 saturated carbocycles. The van der Waals surface area contributed by atoms with Crippen molar-refractivity contribution in [1.82, 2.24) is 9.62 Å². The second-order valence-corrected chi connectivity index (χ2v) is 6.74. The monoisotopic (exact) mass is 311 g/mol. The van der Waals surface area contributed by atoms with Gasteiger partial charge in [-0.15, -0.1) is 0 Å². The van der Waals surface area contributed by atoms with Gasteiger partial charge in [-0.05, 0) is 30.5 Å². The topological polar surface area (TPSA) is 110 Å². The Kier molecular flexibility index (Phi) is 4.59. The molecule has 1 aliphatic rings. The fourth-order valence-electron chi connectivity index (χ4n) is 2.13. The number of nitrogens with one attached hydrogen (secondary N) is 1. The highest BCUT2D eigenvalue weighted by Crippen LogP contribution is 2.20. The molecule has 2 rings (SSSR count). The van der Waals surface area contributed by atoms with Gasteiger partial charge in [-0.2, -0.15) is 4.31 Å². The Bertz CT molecular complexity index is 634. The minimum Gasteiger partial charge on any atom is -0.361 e. The van der Waals surface area contributed by atoms with Crippen molar-refractivity contribution in [2.75, 3.05) is 13.1 Å². The highest BCUT2D eigenvalue weighted by Gasteiger charge is 2.26. The summed E-state index contributed by atoms with van der Waals surface area (Å²) in [4.78, 5) is 21.8. The molecule has 8 heteroatoms. The fraction of sp³-hybridized carbons (Fsp3) is 0.385. The first kappa shape index (κ1) is 15.5. The van der Waals surface area contributed by atoms with E-state index in [9.17, 15) is 18.0 Å². The van der Waals surface area contributed by atoms with Crippen LogP contribution in [0.25, 0.3) is 0 Å². The van der Waals surface area contributed by atoms with Crippen LogP contribution >= 0.6 is 0 Å². The Balaban J connectivity index is 2.05. The first-order chi connectivity index (χ1) is 9.91. The number of hydrogen-bond acceptors (Lipinski definition) is 4. The van der Waals surface area contributed by atoms with E-state index in [0.717, 1.165) is 12.8 Å². The van der Waals surface area contributed by atoms with E-state index in [1.807, 2.05) is 0 Å². The van der Waals surface area contributed by atoms with Crippen molar-refractivity contribution in [2.45, 2.75) is 24.3 Å². The summed E-state index contributed by atoms with van der Waals surface area (Å²) in [6.07, 6.45) is 1.77. The van der Waals surface area contributed by atoms with Gasteiger partial charge < -0.3 is 11.1 Å². The molecule has 7 nitrogen and oxygen atoms in total. The smallest absolute Gasteiger partial charge is 0.309 e. The highest BCUT2D eigenvalue weighted by atomic mass is 32.2. The molecule has 1 fully saturated rings. The lowest BCUT2D eigenvalue weighted by molar-refractivity contribution is -0.137. The average Bonchev–Trinajstić information content (AvgIpc) is 3.00. The molecule has 1 heterocycles. The molecule has 0 unspecified atom stereocenters. The van der Waals surface area contributed by atoms with Gasteiger partial charge in [0, 0.05) is 19.6 Å². The van der Waals surface area contributed by atoms with E-state index in [4.69, 9.17) is 5.73 Å². The molecule has 0 bridgehead atoms. The van der Waals surface area contributed by atoms with Crippen LogP contribution in [0.2, 0.25) is 0 Å². The molecular formula is C13H17N3O4S. The van der Waals surface area contributed by atoms with Crippen molar-refractivity contribution in [3.8, 4) is 0 Å². The summed E-state index contributed by atoms with van der Waals surface area (Å²) in [6, 6.07) is 6.20. The predicted octanol–water partition coefficient (Wildman–Crippen LogP) is -0.427. The van der Waals surface area contributed by atoms with Gasteiger partial charge in [0.05, 0.1) is 4.90 Å². The molecule has 21 heavy (non-hydrogen) atoms. The Morgan fingerprint density at radius 3 is 2.24 bits per heavy atom. The van der Waals surface area contributed by atoms with Gasteiger partial charge in [0.25, 0.3) is 0 Å². The van der Waals surface area contributed by atoms with Crippen LogP contribution in [-0.4, -0.2) is 37.6 Å². The third kappa shape index (κ3) is 3.59. The summed E-state index contributed by atoms with van der Waals surface area (Å²) in [5.41, 5.74) is 5.50. The first-order valence-electron chi connectivity index (χ1n) is 6.58. The van der Waals surface area contributed by atoms with Gasteiger partial charge in [0.1, 0.15) is 0 Å². The highest BCUT2D eigenvalue weighted by molar-refractivity contribution is 7.89. The van der Waals surface area contributed by atoms with E-state index in [0.29, 0.717) is 18.7 Å². The molecule has 0 aliphatic carbocycles. The molecule has 0 atom stereocenters. The van der Waals surface area contributed by atoms with E-state index >= 15 is 0 Å². The van der Waals surface area contributed by atoms with Crippen molar-refractivity contribution in [2.24, 2.45) is 5.73 Å². The Morgan fingerprint density at radius 2 is 1.71 bits per heavy atom. The number of benzene rings is 1. The summed E-state index contributed by atoms with van der Waals surface area (Å²) in [5.74, 6) is -1.92. The maximum Gasteiger partial charge on any atom is 0.309 e. The molecule has 114 valence electrons. The lowest BCUT2D eigenvalue weighted by Crippen LogP contribution is -2.35. The lowest BCUT2D eigenvalue weighted by atomic mass is 10.2. The van der Waals surface area contributed by atoms with Crippen molar-refractivity contribution in [3.63, 3.8) is 0 Å². The van der Waals surface area contributed by atoms with Crippen molar-refractivity contribution in [3.05, 3.63) is 29.8 Å². The van der Waals surface area contributed by atoms with Crippen LogP contribution in [-0.2, 0) is 26.2 Å². The molecule has 1 saturated heterocycles. The molecular weight excluding hydrogens is 294 g/mol. The zero-order valence-corrected chi connectivity index (χ0v) is 12.2. The third-order valence-electron chi connectivity index (χ3n) is 3.30. The van der Waals surface area contributed by atoms with Crippen molar-refractivity contribution < 1.29 is 18.0 Å².